The Bertz CT molecular complexity index is 1400. The van der Waals surface area contributed by atoms with E-state index in [2.05, 4.69) is 31.9 Å². The zero-order valence-corrected chi connectivity index (χ0v) is 27.4. The summed E-state index contributed by atoms with van der Waals surface area (Å²) >= 11 is 0. The lowest BCUT2D eigenvalue weighted by molar-refractivity contribution is -0.135. The molecule has 2 aromatic carbocycles. The lowest BCUT2D eigenvalue weighted by Gasteiger charge is -2.27. The summed E-state index contributed by atoms with van der Waals surface area (Å²) in [6.07, 6.45) is 1.66. The predicted octanol–water partition coefficient (Wildman–Crippen LogP) is -0.462. The average molecular weight is 666 g/mol. The largest absolute Gasteiger partial charge is 0.508 e. The molecule has 0 aliphatic carbocycles. The van der Waals surface area contributed by atoms with Crippen LogP contribution in [0.25, 0.3) is 0 Å². The summed E-state index contributed by atoms with van der Waals surface area (Å²) in [4.78, 5) is 79.9. The quantitative estimate of drug-likeness (QED) is 0.155. The Balaban J connectivity index is 1.94. The molecule has 1 aliphatic heterocycles. The molecule has 1 saturated heterocycles. The zero-order chi connectivity index (χ0) is 35.1. The Kier molecular flexibility index (Phi) is 14.8. The number of nitrogens with two attached hydrogens (primary N) is 1. The number of hydrogen-bond donors (Lipinski definition) is 8. The highest BCUT2D eigenvalue weighted by molar-refractivity contribution is 5.97. The lowest BCUT2D eigenvalue weighted by atomic mass is 10.00. The van der Waals surface area contributed by atoms with Gasteiger partial charge in [-0.3, -0.25) is 28.8 Å². The Labute approximate surface area is 280 Å². The number of hydrogen-bond acceptors (Lipinski definition) is 8. The summed E-state index contributed by atoms with van der Waals surface area (Å²) in [5, 5.41) is 25.5. The van der Waals surface area contributed by atoms with E-state index in [1.807, 2.05) is 19.9 Å². The fourth-order valence-electron chi connectivity index (χ4n) is 5.19. The van der Waals surface area contributed by atoms with Crippen LogP contribution in [0.1, 0.15) is 50.7 Å². The van der Waals surface area contributed by atoms with Crippen LogP contribution < -0.4 is 37.6 Å². The van der Waals surface area contributed by atoms with Crippen LogP contribution >= 0.6 is 0 Å². The SMILES string of the molecule is CC(C)C[C@@H]1NC(=O)[C@H](Cc2ccccc2)NC(=O)CNC(=O)CNC(=O)[C@H](Cc2ccc(O)cc2)NC(=O)[C@H](CCCCN)NC1=O. The molecule has 14 nitrogen and oxygen atoms in total. The fourth-order valence-corrected chi connectivity index (χ4v) is 5.19. The third kappa shape index (κ3) is 12.7. The molecule has 3 rings (SSSR count). The number of benzene rings is 2. The molecule has 0 spiro atoms. The van der Waals surface area contributed by atoms with Gasteiger partial charge in [0.15, 0.2) is 0 Å². The van der Waals surface area contributed by atoms with Crippen molar-refractivity contribution in [1.29, 1.82) is 0 Å². The van der Waals surface area contributed by atoms with E-state index in [4.69, 9.17) is 5.73 Å². The minimum Gasteiger partial charge on any atom is -0.508 e. The number of unbranched alkanes of at least 4 members (excludes halogenated alkanes) is 1. The minimum atomic E-state index is -1.16. The first-order valence-corrected chi connectivity index (χ1v) is 16.2. The topological polar surface area (TPSA) is 221 Å². The molecule has 2 aromatic rings. The molecular formula is C34H47N7O7. The molecule has 0 unspecified atom stereocenters. The number of nitrogens with one attached hydrogen (secondary N) is 6. The maximum absolute atomic E-state index is 13.7. The van der Waals surface area contributed by atoms with Crippen molar-refractivity contribution in [2.24, 2.45) is 11.7 Å². The Morgan fingerprint density at radius 2 is 1.19 bits per heavy atom. The maximum Gasteiger partial charge on any atom is 0.243 e. The summed E-state index contributed by atoms with van der Waals surface area (Å²) in [6.45, 7) is 3.18. The van der Waals surface area contributed by atoms with Gasteiger partial charge in [0.25, 0.3) is 0 Å². The molecule has 1 aliphatic rings. The van der Waals surface area contributed by atoms with Gasteiger partial charge in [0.2, 0.25) is 35.4 Å². The van der Waals surface area contributed by atoms with Crippen molar-refractivity contribution in [3.8, 4) is 5.75 Å². The van der Waals surface area contributed by atoms with Gasteiger partial charge in [0, 0.05) is 12.8 Å². The molecule has 9 N–H and O–H groups in total. The van der Waals surface area contributed by atoms with Crippen LogP contribution in [0.2, 0.25) is 0 Å². The van der Waals surface area contributed by atoms with Gasteiger partial charge in [-0.15, -0.1) is 0 Å². The van der Waals surface area contributed by atoms with Crippen molar-refractivity contribution < 1.29 is 33.9 Å². The normalized spacial score (nSPS) is 21.9. The molecule has 14 heteroatoms. The standard InChI is InChI=1S/C34H47N7O7/c1-21(2)16-26-33(47)39-25(10-6-7-15-35)32(46)41-27(18-23-11-13-24(42)14-12-23)31(45)37-19-29(43)36-20-30(44)38-28(34(48)40-26)17-22-8-4-3-5-9-22/h3-5,8-9,11-14,21,25-28,42H,6-7,10,15-20,35H2,1-2H3,(H,36,43)(H,37,45)(H,38,44)(H,39,47)(H,40,48)(H,41,46)/t25-,26-,27-,28-/m0/s1. The smallest absolute Gasteiger partial charge is 0.243 e. The number of carbonyl (C=O) groups excluding carboxylic acids is 6. The van der Waals surface area contributed by atoms with E-state index in [9.17, 15) is 33.9 Å². The molecule has 1 fully saturated rings. The lowest BCUT2D eigenvalue weighted by Crippen LogP contribution is -2.59. The summed E-state index contributed by atoms with van der Waals surface area (Å²) in [5.74, 6) is -3.82. The minimum absolute atomic E-state index is 0.0141. The van der Waals surface area contributed by atoms with E-state index in [0.717, 1.165) is 5.56 Å². The number of amides is 6. The number of carbonyl (C=O) groups is 6. The van der Waals surface area contributed by atoms with Gasteiger partial charge in [-0.1, -0.05) is 56.3 Å². The first-order valence-electron chi connectivity index (χ1n) is 16.2. The molecule has 0 saturated carbocycles. The van der Waals surface area contributed by atoms with Crippen LogP contribution in [0, 0.1) is 5.92 Å². The Hall–Kier alpha value is -4.98. The van der Waals surface area contributed by atoms with E-state index in [0.29, 0.717) is 24.9 Å². The van der Waals surface area contributed by atoms with Crippen molar-refractivity contribution in [3.05, 3.63) is 65.7 Å². The monoisotopic (exact) mass is 665 g/mol. The first kappa shape index (κ1) is 37.5. The van der Waals surface area contributed by atoms with Crippen molar-refractivity contribution in [2.75, 3.05) is 19.6 Å². The second-order valence-corrected chi connectivity index (χ2v) is 12.3. The number of rotatable bonds is 10. The predicted molar refractivity (Wildman–Crippen MR) is 178 cm³/mol. The van der Waals surface area contributed by atoms with E-state index in [1.54, 1.807) is 36.4 Å². The van der Waals surface area contributed by atoms with Crippen molar-refractivity contribution in [1.82, 2.24) is 31.9 Å². The summed E-state index contributed by atoms with van der Waals surface area (Å²) in [5.41, 5.74) is 7.05. The fraction of sp³-hybridized carbons (Fsp3) is 0.471. The van der Waals surface area contributed by atoms with Crippen LogP contribution in [0.15, 0.2) is 54.6 Å². The summed E-state index contributed by atoms with van der Waals surface area (Å²) in [6, 6.07) is 10.7. The molecule has 4 atom stereocenters. The van der Waals surface area contributed by atoms with E-state index in [-0.39, 0.29) is 37.4 Å². The van der Waals surface area contributed by atoms with Crippen LogP contribution in [0.5, 0.6) is 5.75 Å². The third-order valence-electron chi connectivity index (χ3n) is 7.73. The molecule has 260 valence electrons. The highest BCUT2D eigenvalue weighted by Crippen LogP contribution is 2.13. The van der Waals surface area contributed by atoms with E-state index in [1.165, 1.54) is 12.1 Å². The Morgan fingerprint density at radius 1 is 0.646 bits per heavy atom. The molecule has 48 heavy (non-hydrogen) atoms. The second-order valence-electron chi connectivity index (χ2n) is 12.3. The van der Waals surface area contributed by atoms with Crippen LogP contribution in [-0.4, -0.2) is 84.4 Å². The molecular weight excluding hydrogens is 618 g/mol. The molecule has 1 heterocycles. The van der Waals surface area contributed by atoms with Gasteiger partial charge in [-0.05, 0) is 61.4 Å². The molecule has 0 aromatic heterocycles. The van der Waals surface area contributed by atoms with Gasteiger partial charge in [0.1, 0.15) is 29.9 Å². The molecule has 0 bridgehead atoms. The van der Waals surface area contributed by atoms with Gasteiger partial charge >= 0.3 is 0 Å². The molecule has 6 amide bonds. The summed E-state index contributed by atoms with van der Waals surface area (Å²) in [7, 11) is 0. The summed E-state index contributed by atoms with van der Waals surface area (Å²) < 4.78 is 0. The van der Waals surface area contributed by atoms with Gasteiger partial charge < -0.3 is 42.7 Å². The van der Waals surface area contributed by atoms with Crippen LogP contribution in [0.4, 0.5) is 0 Å². The van der Waals surface area contributed by atoms with Crippen molar-refractivity contribution in [3.63, 3.8) is 0 Å². The third-order valence-corrected chi connectivity index (χ3v) is 7.73. The zero-order valence-electron chi connectivity index (χ0n) is 27.4. The number of phenolic OH excluding ortho intramolecular Hbond substituents is 1. The van der Waals surface area contributed by atoms with Crippen molar-refractivity contribution >= 4 is 35.4 Å². The highest BCUT2D eigenvalue weighted by Gasteiger charge is 2.32. The van der Waals surface area contributed by atoms with Gasteiger partial charge in [-0.25, -0.2) is 0 Å². The van der Waals surface area contributed by atoms with E-state index >= 15 is 0 Å². The van der Waals surface area contributed by atoms with E-state index < -0.39 is 72.7 Å². The number of aromatic hydroxyl groups is 1. The maximum atomic E-state index is 13.7. The van der Waals surface area contributed by atoms with Gasteiger partial charge in [-0.2, -0.15) is 0 Å². The van der Waals surface area contributed by atoms with Gasteiger partial charge in [0.05, 0.1) is 13.1 Å². The Morgan fingerprint density at radius 3 is 1.83 bits per heavy atom. The van der Waals surface area contributed by atoms with Crippen molar-refractivity contribution in [2.45, 2.75) is 76.5 Å². The van der Waals surface area contributed by atoms with Crippen LogP contribution in [0.3, 0.4) is 0 Å². The number of phenols is 1. The average Bonchev–Trinajstić information content (AvgIpc) is 3.05. The first-order chi connectivity index (χ1) is 22.9. The second kappa shape index (κ2) is 19.0. The highest BCUT2D eigenvalue weighted by atomic mass is 16.3. The molecule has 0 radical (unpaired) electrons. The van der Waals surface area contributed by atoms with Crippen LogP contribution in [-0.2, 0) is 41.6 Å².